The number of nitrogens with two attached hydrogens (primary N) is 1. The molecular formula is C20H23N7. The summed E-state index contributed by atoms with van der Waals surface area (Å²) >= 11 is 0. The van der Waals surface area contributed by atoms with Gasteiger partial charge in [-0.25, -0.2) is 15.0 Å². The van der Waals surface area contributed by atoms with Gasteiger partial charge in [0.1, 0.15) is 17.8 Å². The van der Waals surface area contributed by atoms with Gasteiger partial charge in [0.05, 0.1) is 0 Å². The summed E-state index contributed by atoms with van der Waals surface area (Å²) in [6.45, 7) is 5.59. The van der Waals surface area contributed by atoms with Crippen molar-refractivity contribution >= 4 is 28.8 Å². The lowest BCUT2D eigenvalue weighted by molar-refractivity contribution is 0.647. The van der Waals surface area contributed by atoms with Crippen molar-refractivity contribution in [3.8, 4) is 0 Å². The third-order valence-corrected chi connectivity index (χ3v) is 4.73. The van der Waals surface area contributed by atoms with Crippen LogP contribution in [0, 0.1) is 6.92 Å². The predicted octanol–water partition coefficient (Wildman–Crippen LogP) is 2.83. The van der Waals surface area contributed by atoms with Gasteiger partial charge in [-0.1, -0.05) is 18.2 Å². The van der Waals surface area contributed by atoms with E-state index in [1.165, 1.54) is 5.69 Å². The first kappa shape index (κ1) is 17.1. The van der Waals surface area contributed by atoms with Gasteiger partial charge < -0.3 is 20.9 Å². The molecule has 1 aliphatic rings. The van der Waals surface area contributed by atoms with Crippen LogP contribution >= 0.6 is 0 Å². The Morgan fingerprint density at radius 2 is 1.67 bits per heavy atom. The number of anilines is 5. The molecule has 4 rings (SSSR count). The summed E-state index contributed by atoms with van der Waals surface area (Å²) < 4.78 is 0. The maximum absolute atomic E-state index is 6.38. The number of aromatic nitrogens is 3. The maximum atomic E-state index is 6.38. The normalized spacial score (nSPS) is 14.3. The lowest BCUT2D eigenvalue weighted by Gasteiger charge is -2.37. The molecule has 1 aromatic carbocycles. The molecule has 2 aromatic heterocycles. The van der Waals surface area contributed by atoms with Crippen molar-refractivity contribution in [3.63, 3.8) is 0 Å². The van der Waals surface area contributed by atoms with Crippen LogP contribution in [0.15, 0.2) is 55.0 Å². The van der Waals surface area contributed by atoms with E-state index in [-0.39, 0.29) is 0 Å². The molecule has 0 unspecified atom stereocenters. The van der Waals surface area contributed by atoms with Crippen molar-refractivity contribution < 1.29 is 0 Å². The number of aryl methyl sites for hydroxylation is 1. The number of para-hydroxylation sites is 1. The highest BCUT2D eigenvalue weighted by atomic mass is 15.3. The molecule has 0 atom stereocenters. The molecule has 138 valence electrons. The Labute approximate surface area is 158 Å². The van der Waals surface area contributed by atoms with Crippen LogP contribution in [0.1, 0.15) is 5.56 Å². The number of piperazine rings is 1. The first-order valence-corrected chi connectivity index (χ1v) is 9.06. The summed E-state index contributed by atoms with van der Waals surface area (Å²) in [6, 6.07) is 14.4. The van der Waals surface area contributed by atoms with Gasteiger partial charge in [-0.2, -0.15) is 0 Å². The molecule has 1 fully saturated rings. The second-order valence-corrected chi connectivity index (χ2v) is 6.61. The van der Waals surface area contributed by atoms with E-state index < -0.39 is 0 Å². The molecule has 27 heavy (non-hydrogen) atoms. The van der Waals surface area contributed by atoms with Gasteiger partial charge >= 0.3 is 0 Å². The zero-order valence-electron chi connectivity index (χ0n) is 15.3. The number of pyridine rings is 1. The fraction of sp³-hybridized carbons (Fsp3) is 0.250. The average molecular weight is 361 g/mol. The zero-order valence-corrected chi connectivity index (χ0v) is 15.3. The Kier molecular flexibility index (Phi) is 4.74. The van der Waals surface area contributed by atoms with E-state index in [0.717, 1.165) is 43.4 Å². The first-order valence-electron chi connectivity index (χ1n) is 9.06. The third kappa shape index (κ3) is 3.76. The van der Waals surface area contributed by atoms with Crippen molar-refractivity contribution in [1.82, 2.24) is 15.0 Å². The summed E-state index contributed by atoms with van der Waals surface area (Å²) in [7, 11) is 0. The van der Waals surface area contributed by atoms with E-state index in [1.54, 1.807) is 12.5 Å². The van der Waals surface area contributed by atoms with Gasteiger partial charge in [-0.05, 0) is 36.8 Å². The van der Waals surface area contributed by atoms with Crippen molar-refractivity contribution in [2.75, 3.05) is 47.0 Å². The van der Waals surface area contributed by atoms with Crippen molar-refractivity contribution in [3.05, 3.63) is 60.6 Å². The predicted molar refractivity (Wildman–Crippen MR) is 110 cm³/mol. The van der Waals surface area contributed by atoms with Crippen molar-refractivity contribution in [1.29, 1.82) is 0 Å². The van der Waals surface area contributed by atoms with Crippen LogP contribution < -0.4 is 20.9 Å². The van der Waals surface area contributed by atoms with Gasteiger partial charge in [0.25, 0.3) is 0 Å². The Balaban J connectivity index is 1.48. The molecular weight excluding hydrogens is 338 g/mol. The number of nitrogens with one attached hydrogen (secondary N) is 1. The Bertz CT molecular complexity index is 905. The van der Waals surface area contributed by atoms with E-state index in [0.29, 0.717) is 11.5 Å². The molecule has 0 bridgehead atoms. The lowest BCUT2D eigenvalue weighted by atomic mass is 10.2. The molecule has 1 saturated heterocycles. The van der Waals surface area contributed by atoms with E-state index in [4.69, 9.17) is 5.73 Å². The Hall–Kier alpha value is -3.35. The van der Waals surface area contributed by atoms with E-state index in [1.807, 2.05) is 25.1 Å². The number of benzene rings is 1. The molecule has 0 spiro atoms. The number of nitrogens with zero attached hydrogens (tertiary/aromatic N) is 5. The highest BCUT2D eigenvalue weighted by Gasteiger charge is 2.21. The molecule has 3 N–H and O–H groups in total. The summed E-state index contributed by atoms with van der Waals surface area (Å²) in [5.74, 6) is 2.08. The number of rotatable bonds is 4. The highest BCUT2D eigenvalue weighted by molar-refractivity contribution is 5.77. The summed E-state index contributed by atoms with van der Waals surface area (Å²) in [5, 5.41) is 3.20. The molecule has 3 aromatic rings. The highest BCUT2D eigenvalue weighted by Crippen LogP contribution is 2.29. The second-order valence-electron chi connectivity index (χ2n) is 6.61. The summed E-state index contributed by atoms with van der Waals surface area (Å²) in [4.78, 5) is 17.6. The monoisotopic (exact) mass is 361 g/mol. The second kappa shape index (κ2) is 7.49. The first-order chi connectivity index (χ1) is 13.2. The van der Waals surface area contributed by atoms with Crippen molar-refractivity contribution in [2.24, 2.45) is 0 Å². The summed E-state index contributed by atoms with van der Waals surface area (Å²) in [6.07, 6.45) is 3.31. The van der Waals surface area contributed by atoms with E-state index in [2.05, 4.69) is 54.3 Å². The molecule has 0 aliphatic carbocycles. The molecule has 1 aliphatic heterocycles. The maximum Gasteiger partial charge on any atom is 0.160 e. The van der Waals surface area contributed by atoms with Gasteiger partial charge in [-0.15, -0.1) is 0 Å². The van der Waals surface area contributed by atoms with Gasteiger partial charge in [0.2, 0.25) is 0 Å². The van der Waals surface area contributed by atoms with Crippen LogP contribution in [-0.2, 0) is 0 Å². The van der Waals surface area contributed by atoms with E-state index >= 15 is 0 Å². The van der Waals surface area contributed by atoms with Crippen LogP contribution in [0.2, 0.25) is 0 Å². The number of hydrogen-bond donors (Lipinski definition) is 2. The topological polar surface area (TPSA) is 83.2 Å². The standard InChI is InChI=1S/C20H23N7/c1-15-7-8-22-17(13-15)25-19-18(21)20(24-14-23-19)27-11-9-26(10-12-27)16-5-3-2-4-6-16/h2-8,13-14H,9-12,21H2,1H3,(H,22,23,24,25). The minimum Gasteiger partial charge on any atom is -0.393 e. The van der Waals surface area contributed by atoms with Gasteiger partial charge in [0.15, 0.2) is 11.6 Å². The van der Waals surface area contributed by atoms with Crippen LogP contribution in [-0.4, -0.2) is 41.1 Å². The molecule has 3 heterocycles. The van der Waals surface area contributed by atoms with Crippen LogP contribution in [0.5, 0.6) is 0 Å². The fourth-order valence-electron chi connectivity index (χ4n) is 3.28. The average Bonchev–Trinajstić information content (AvgIpc) is 2.71. The molecule has 7 nitrogen and oxygen atoms in total. The molecule has 0 radical (unpaired) electrons. The number of hydrogen-bond acceptors (Lipinski definition) is 7. The molecule has 7 heteroatoms. The largest absolute Gasteiger partial charge is 0.393 e. The quantitative estimate of drug-likeness (QED) is 0.739. The minimum absolute atomic E-state index is 0.550. The minimum atomic E-state index is 0.550. The van der Waals surface area contributed by atoms with Crippen molar-refractivity contribution in [2.45, 2.75) is 6.92 Å². The smallest absolute Gasteiger partial charge is 0.160 e. The van der Waals surface area contributed by atoms with Crippen LogP contribution in [0.4, 0.5) is 28.8 Å². The van der Waals surface area contributed by atoms with Gasteiger partial charge in [-0.3, -0.25) is 0 Å². The Morgan fingerprint density at radius 1 is 0.926 bits per heavy atom. The fourth-order valence-corrected chi connectivity index (χ4v) is 3.28. The molecule has 0 saturated carbocycles. The van der Waals surface area contributed by atoms with Crippen LogP contribution in [0.25, 0.3) is 0 Å². The Morgan fingerprint density at radius 3 is 2.41 bits per heavy atom. The van der Waals surface area contributed by atoms with Crippen LogP contribution in [0.3, 0.4) is 0 Å². The third-order valence-electron chi connectivity index (χ3n) is 4.73. The SMILES string of the molecule is Cc1ccnc(Nc2ncnc(N3CCN(c4ccccc4)CC3)c2N)c1. The van der Waals surface area contributed by atoms with Gasteiger partial charge in [0, 0.05) is 38.1 Å². The lowest BCUT2D eigenvalue weighted by Crippen LogP contribution is -2.47. The molecule has 0 amide bonds. The van der Waals surface area contributed by atoms with E-state index in [9.17, 15) is 0 Å². The zero-order chi connectivity index (χ0) is 18.6. The number of nitrogen functional groups attached to an aromatic ring is 1. The summed E-state index contributed by atoms with van der Waals surface area (Å²) in [5.41, 5.74) is 9.30.